The van der Waals surface area contributed by atoms with E-state index in [2.05, 4.69) is 10.3 Å². The number of nitrogens with one attached hydrogen (secondary N) is 1. The lowest BCUT2D eigenvalue weighted by molar-refractivity contribution is 0.208. The third kappa shape index (κ3) is 4.00. The minimum Gasteiger partial charge on any atom is -0.383 e. The molecule has 0 unspecified atom stereocenters. The fourth-order valence-electron chi connectivity index (χ4n) is 1.99. The molecule has 0 spiro atoms. The summed E-state index contributed by atoms with van der Waals surface area (Å²) in [6, 6.07) is 5.89. The maximum absolute atomic E-state index is 6.18. The summed E-state index contributed by atoms with van der Waals surface area (Å²) < 4.78 is 4.91. The topological polar surface area (TPSA) is 59.6 Å². The van der Waals surface area contributed by atoms with Gasteiger partial charge < -0.3 is 15.8 Å². The minimum atomic E-state index is 0.296. The molecule has 0 saturated heterocycles. The molecule has 2 rings (SSSR count). The van der Waals surface area contributed by atoms with Crippen molar-refractivity contribution in [2.45, 2.75) is 18.4 Å². The molecule has 0 amide bonds. The predicted molar refractivity (Wildman–Crippen MR) is 79.1 cm³/mol. The van der Waals surface area contributed by atoms with Crippen molar-refractivity contribution in [3.63, 3.8) is 0 Å². The van der Waals surface area contributed by atoms with Crippen LogP contribution in [0, 0.1) is 0 Å². The molecule has 3 N–H and O–H groups in total. The van der Waals surface area contributed by atoms with Gasteiger partial charge in [0.2, 0.25) is 0 Å². The van der Waals surface area contributed by atoms with Gasteiger partial charge in [0.15, 0.2) is 5.96 Å². The number of nitrogens with zero attached hydrogens (tertiary/aromatic N) is 1. The molecule has 0 heterocycles. The van der Waals surface area contributed by atoms with Crippen LogP contribution in [-0.4, -0.2) is 32.3 Å². The molecule has 6 heteroatoms. The number of guanidine groups is 1. The normalized spacial score (nSPS) is 22.4. The minimum absolute atomic E-state index is 0.296. The largest absolute Gasteiger partial charge is 0.383 e. The number of methoxy groups -OCH3 is 1. The third-order valence-electron chi connectivity index (χ3n) is 3.06. The highest BCUT2D eigenvalue weighted by molar-refractivity contribution is 6.35. The second-order valence-electron chi connectivity index (χ2n) is 4.52. The highest BCUT2D eigenvalue weighted by Crippen LogP contribution is 2.44. The molecule has 4 nitrogen and oxygen atoms in total. The SMILES string of the molecule is COCCN=C(N)N[C@@H]1C[C@H]1c1ccc(Cl)cc1Cl. The molecule has 0 aliphatic heterocycles. The number of rotatable bonds is 5. The number of benzene rings is 1. The highest BCUT2D eigenvalue weighted by Gasteiger charge is 2.39. The number of aliphatic imine (C=N–C) groups is 1. The molecule has 1 aromatic rings. The Hall–Kier alpha value is -0.970. The number of ether oxygens (including phenoxy) is 1. The van der Waals surface area contributed by atoms with Crippen LogP contribution in [0.2, 0.25) is 10.0 Å². The first-order valence-corrected chi connectivity index (χ1v) is 6.87. The maximum Gasteiger partial charge on any atom is 0.188 e. The zero-order chi connectivity index (χ0) is 13.8. The molecule has 2 atom stereocenters. The van der Waals surface area contributed by atoms with Crippen molar-refractivity contribution in [1.82, 2.24) is 5.32 Å². The van der Waals surface area contributed by atoms with Gasteiger partial charge in [0.1, 0.15) is 0 Å². The Balaban J connectivity index is 1.88. The summed E-state index contributed by atoms with van der Waals surface area (Å²) in [7, 11) is 1.64. The van der Waals surface area contributed by atoms with E-state index < -0.39 is 0 Å². The van der Waals surface area contributed by atoms with Crippen LogP contribution < -0.4 is 11.1 Å². The predicted octanol–water partition coefficient (Wildman–Crippen LogP) is 2.40. The van der Waals surface area contributed by atoms with Crippen LogP contribution in [0.1, 0.15) is 17.9 Å². The molecule has 0 radical (unpaired) electrons. The van der Waals surface area contributed by atoms with E-state index in [0.717, 1.165) is 12.0 Å². The highest BCUT2D eigenvalue weighted by atomic mass is 35.5. The Labute approximate surface area is 122 Å². The van der Waals surface area contributed by atoms with Crippen LogP contribution in [0.5, 0.6) is 0 Å². The van der Waals surface area contributed by atoms with E-state index in [0.29, 0.717) is 41.1 Å². The average Bonchev–Trinajstić information content (AvgIpc) is 3.08. The Kier molecular flexibility index (Phi) is 4.91. The number of hydrogen-bond donors (Lipinski definition) is 2. The van der Waals surface area contributed by atoms with Crippen LogP contribution in [0.25, 0.3) is 0 Å². The van der Waals surface area contributed by atoms with E-state index in [4.69, 9.17) is 33.7 Å². The molecular weight excluding hydrogens is 285 g/mol. The van der Waals surface area contributed by atoms with Crippen LogP contribution >= 0.6 is 23.2 Å². The second kappa shape index (κ2) is 6.46. The van der Waals surface area contributed by atoms with Crippen LogP contribution in [0.3, 0.4) is 0 Å². The summed E-state index contributed by atoms with van der Waals surface area (Å²) in [5.41, 5.74) is 6.89. The number of hydrogen-bond acceptors (Lipinski definition) is 2. The van der Waals surface area contributed by atoms with Crippen molar-refractivity contribution in [2.24, 2.45) is 10.7 Å². The van der Waals surface area contributed by atoms with E-state index in [1.165, 1.54) is 0 Å². The van der Waals surface area contributed by atoms with Gasteiger partial charge in [-0.15, -0.1) is 0 Å². The molecule has 1 fully saturated rings. The van der Waals surface area contributed by atoms with Gasteiger partial charge in [0.05, 0.1) is 13.2 Å². The van der Waals surface area contributed by atoms with Crippen LogP contribution in [0.15, 0.2) is 23.2 Å². The average molecular weight is 302 g/mol. The van der Waals surface area contributed by atoms with Gasteiger partial charge >= 0.3 is 0 Å². The molecule has 1 aliphatic carbocycles. The van der Waals surface area contributed by atoms with Crippen molar-refractivity contribution in [2.75, 3.05) is 20.3 Å². The number of nitrogens with two attached hydrogens (primary N) is 1. The standard InChI is InChI=1S/C13H17Cl2N3O/c1-19-5-4-17-13(16)18-12-7-10(12)9-3-2-8(14)6-11(9)15/h2-3,6,10,12H,4-5,7H2,1H3,(H3,16,17,18)/t10-,12+/m0/s1. The molecule has 19 heavy (non-hydrogen) atoms. The summed E-state index contributed by atoms with van der Waals surface area (Å²) in [6.07, 6.45) is 1.00. The van der Waals surface area contributed by atoms with Crippen molar-refractivity contribution >= 4 is 29.2 Å². The summed E-state index contributed by atoms with van der Waals surface area (Å²) in [5, 5.41) is 4.54. The monoisotopic (exact) mass is 301 g/mol. The summed E-state index contributed by atoms with van der Waals surface area (Å²) in [5.74, 6) is 0.829. The van der Waals surface area contributed by atoms with Crippen molar-refractivity contribution in [3.05, 3.63) is 33.8 Å². The van der Waals surface area contributed by atoms with Crippen molar-refractivity contribution in [3.8, 4) is 0 Å². The second-order valence-corrected chi connectivity index (χ2v) is 5.36. The van der Waals surface area contributed by atoms with Crippen LogP contribution in [0.4, 0.5) is 0 Å². The zero-order valence-corrected chi connectivity index (χ0v) is 12.2. The molecule has 0 bridgehead atoms. The van der Waals surface area contributed by atoms with Gasteiger partial charge in [0, 0.05) is 29.1 Å². The Bertz CT molecular complexity index is 479. The van der Waals surface area contributed by atoms with Gasteiger partial charge in [-0.1, -0.05) is 29.3 Å². The van der Waals surface area contributed by atoms with Crippen molar-refractivity contribution < 1.29 is 4.74 Å². The number of halogens is 2. The van der Waals surface area contributed by atoms with Gasteiger partial charge in [-0.2, -0.15) is 0 Å². The summed E-state index contributed by atoms with van der Waals surface area (Å²) >= 11 is 12.1. The first-order chi connectivity index (χ1) is 9.11. The fourth-order valence-corrected chi connectivity index (χ4v) is 2.54. The van der Waals surface area contributed by atoms with Crippen LogP contribution in [-0.2, 0) is 4.74 Å². The van der Waals surface area contributed by atoms with E-state index in [1.54, 1.807) is 13.2 Å². The fraction of sp³-hybridized carbons (Fsp3) is 0.462. The van der Waals surface area contributed by atoms with Gasteiger partial charge in [-0.3, -0.25) is 4.99 Å². The smallest absolute Gasteiger partial charge is 0.188 e. The molecule has 1 aromatic carbocycles. The zero-order valence-electron chi connectivity index (χ0n) is 10.7. The van der Waals surface area contributed by atoms with E-state index in [-0.39, 0.29) is 0 Å². The lowest BCUT2D eigenvalue weighted by atomic mass is 10.1. The van der Waals surface area contributed by atoms with E-state index in [1.807, 2.05) is 12.1 Å². The Morgan fingerprint density at radius 1 is 1.53 bits per heavy atom. The molecule has 1 saturated carbocycles. The molecular formula is C13H17Cl2N3O. The third-order valence-corrected chi connectivity index (χ3v) is 3.63. The van der Waals surface area contributed by atoms with Gasteiger partial charge in [0.25, 0.3) is 0 Å². The first-order valence-electron chi connectivity index (χ1n) is 6.12. The van der Waals surface area contributed by atoms with Gasteiger partial charge in [-0.25, -0.2) is 0 Å². The van der Waals surface area contributed by atoms with E-state index in [9.17, 15) is 0 Å². The quantitative estimate of drug-likeness (QED) is 0.499. The maximum atomic E-state index is 6.18. The molecule has 1 aliphatic rings. The Morgan fingerprint density at radius 2 is 2.32 bits per heavy atom. The summed E-state index contributed by atoms with van der Waals surface area (Å²) in [6.45, 7) is 1.13. The summed E-state index contributed by atoms with van der Waals surface area (Å²) in [4.78, 5) is 4.16. The lowest BCUT2D eigenvalue weighted by Crippen LogP contribution is -2.34. The lowest BCUT2D eigenvalue weighted by Gasteiger charge is -2.07. The van der Waals surface area contributed by atoms with Gasteiger partial charge in [-0.05, 0) is 24.1 Å². The van der Waals surface area contributed by atoms with E-state index >= 15 is 0 Å². The van der Waals surface area contributed by atoms with Crippen molar-refractivity contribution in [1.29, 1.82) is 0 Å². The Morgan fingerprint density at radius 3 is 3.00 bits per heavy atom. The molecule has 0 aromatic heterocycles. The molecule has 104 valence electrons. The first kappa shape index (κ1) is 14.4.